The standard InChI is InChI=1S/C17H17BrO2/c18-14-7-5-12(6-8-14)16(19)11-13-9-10-20-17-4-2-1-3-15(13)17/h1-8,13,16,19H,9-11H2. The Kier molecular flexibility index (Phi) is 4.08. The van der Waals surface area contributed by atoms with Gasteiger partial charge in [0.25, 0.3) is 0 Å². The molecule has 3 rings (SSSR count). The second kappa shape index (κ2) is 5.98. The van der Waals surface area contributed by atoms with Crippen LogP contribution in [0.25, 0.3) is 0 Å². The van der Waals surface area contributed by atoms with Crippen LogP contribution in [0, 0.1) is 0 Å². The van der Waals surface area contributed by atoms with Crippen molar-refractivity contribution in [3.63, 3.8) is 0 Å². The van der Waals surface area contributed by atoms with E-state index in [1.807, 2.05) is 42.5 Å². The second-order valence-electron chi connectivity index (χ2n) is 5.17. The Morgan fingerprint density at radius 2 is 1.90 bits per heavy atom. The highest BCUT2D eigenvalue weighted by molar-refractivity contribution is 9.10. The molecule has 20 heavy (non-hydrogen) atoms. The van der Waals surface area contributed by atoms with Crippen molar-refractivity contribution in [3.8, 4) is 5.75 Å². The van der Waals surface area contributed by atoms with E-state index in [-0.39, 0.29) is 0 Å². The van der Waals surface area contributed by atoms with Gasteiger partial charge in [-0.2, -0.15) is 0 Å². The van der Waals surface area contributed by atoms with Gasteiger partial charge in [0.2, 0.25) is 0 Å². The van der Waals surface area contributed by atoms with E-state index in [1.54, 1.807) is 0 Å². The molecule has 0 spiro atoms. The van der Waals surface area contributed by atoms with Gasteiger partial charge in [-0.25, -0.2) is 0 Å². The summed E-state index contributed by atoms with van der Waals surface area (Å²) >= 11 is 3.42. The van der Waals surface area contributed by atoms with Crippen LogP contribution in [0.15, 0.2) is 53.0 Å². The van der Waals surface area contributed by atoms with Crippen LogP contribution in [0.3, 0.4) is 0 Å². The summed E-state index contributed by atoms with van der Waals surface area (Å²) in [6, 6.07) is 16.0. The van der Waals surface area contributed by atoms with Crippen molar-refractivity contribution in [2.75, 3.05) is 6.61 Å². The molecule has 0 bridgehead atoms. The number of halogens is 1. The fraction of sp³-hybridized carbons (Fsp3) is 0.294. The lowest BCUT2D eigenvalue weighted by molar-refractivity contribution is 0.145. The Morgan fingerprint density at radius 3 is 2.70 bits per heavy atom. The predicted octanol–water partition coefficient (Wildman–Crippen LogP) is 4.44. The molecule has 0 aliphatic carbocycles. The zero-order valence-electron chi connectivity index (χ0n) is 11.1. The zero-order chi connectivity index (χ0) is 13.9. The van der Waals surface area contributed by atoms with Crippen molar-refractivity contribution in [2.45, 2.75) is 24.9 Å². The van der Waals surface area contributed by atoms with Crippen LogP contribution in [0.1, 0.15) is 36.0 Å². The van der Waals surface area contributed by atoms with E-state index in [0.717, 1.165) is 35.2 Å². The molecule has 1 N–H and O–H groups in total. The average Bonchev–Trinajstić information content (AvgIpc) is 2.48. The van der Waals surface area contributed by atoms with Gasteiger partial charge in [-0.15, -0.1) is 0 Å². The van der Waals surface area contributed by atoms with Gasteiger partial charge in [-0.1, -0.05) is 46.3 Å². The fourth-order valence-corrected chi connectivity index (χ4v) is 3.02. The molecule has 0 radical (unpaired) electrons. The molecule has 2 aromatic carbocycles. The number of fused-ring (bicyclic) bond motifs is 1. The van der Waals surface area contributed by atoms with E-state index in [1.165, 1.54) is 5.56 Å². The highest BCUT2D eigenvalue weighted by atomic mass is 79.9. The number of aliphatic hydroxyl groups excluding tert-OH is 1. The van der Waals surface area contributed by atoms with Crippen molar-refractivity contribution in [3.05, 3.63) is 64.1 Å². The fourth-order valence-electron chi connectivity index (χ4n) is 2.75. The van der Waals surface area contributed by atoms with Gasteiger partial charge >= 0.3 is 0 Å². The van der Waals surface area contributed by atoms with E-state index in [0.29, 0.717) is 5.92 Å². The lowest BCUT2D eigenvalue weighted by Gasteiger charge is -2.27. The second-order valence-corrected chi connectivity index (χ2v) is 6.09. The minimum Gasteiger partial charge on any atom is -0.493 e. The maximum Gasteiger partial charge on any atom is 0.122 e. The highest BCUT2D eigenvalue weighted by Gasteiger charge is 2.24. The van der Waals surface area contributed by atoms with Crippen LogP contribution in [-0.4, -0.2) is 11.7 Å². The Balaban J connectivity index is 1.77. The summed E-state index contributed by atoms with van der Waals surface area (Å²) in [5.41, 5.74) is 2.19. The molecule has 104 valence electrons. The summed E-state index contributed by atoms with van der Waals surface area (Å²) in [5.74, 6) is 1.32. The van der Waals surface area contributed by atoms with E-state index >= 15 is 0 Å². The zero-order valence-corrected chi connectivity index (χ0v) is 12.7. The van der Waals surface area contributed by atoms with Crippen LogP contribution in [0.5, 0.6) is 5.75 Å². The summed E-state index contributed by atoms with van der Waals surface area (Å²) < 4.78 is 6.70. The Morgan fingerprint density at radius 1 is 1.15 bits per heavy atom. The molecular formula is C17H17BrO2. The predicted molar refractivity (Wildman–Crippen MR) is 83.0 cm³/mol. The van der Waals surface area contributed by atoms with Gasteiger partial charge < -0.3 is 9.84 Å². The van der Waals surface area contributed by atoms with Gasteiger partial charge in [-0.05, 0) is 48.1 Å². The molecule has 0 saturated carbocycles. The summed E-state index contributed by atoms with van der Waals surface area (Å²) in [6.07, 6.45) is 1.27. The molecule has 0 saturated heterocycles. The van der Waals surface area contributed by atoms with Crippen LogP contribution < -0.4 is 4.74 Å². The largest absolute Gasteiger partial charge is 0.493 e. The van der Waals surface area contributed by atoms with E-state index in [2.05, 4.69) is 22.0 Å². The molecule has 0 fully saturated rings. The summed E-state index contributed by atoms with van der Waals surface area (Å²) in [7, 11) is 0. The van der Waals surface area contributed by atoms with Crippen molar-refractivity contribution in [1.82, 2.24) is 0 Å². The third kappa shape index (κ3) is 2.89. The number of hydrogen-bond acceptors (Lipinski definition) is 2. The molecule has 2 unspecified atom stereocenters. The molecule has 2 atom stereocenters. The molecule has 1 heterocycles. The Bertz CT molecular complexity index is 580. The van der Waals surface area contributed by atoms with Crippen molar-refractivity contribution >= 4 is 15.9 Å². The number of aliphatic hydroxyl groups is 1. The first-order valence-electron chi connectivity index (χ1n) is 6.89. The van der Waals surface area contributed by atoms with Gasteiger partial charge in [0.15, 0.2) is 0 Å². The quantitative estimate of drug-likeness (QED) is 0.900. The van der Waals surface area contributed by atoms with Crippen molar-refractivity contribution in [2.24, 2.45) is 0 Å². The molecule has 1 aliphatic rings. The Labute approximate surface area is 127 Å². The van der Waals surface area contributed by atoms with E-state index in [9.17, 15) is 5.11 Å². The van der Waals surface area contributed by atoms with Crippen LogP contribution in [-0.2, 0) is 0 Å². The molecule has 2 nitrogen and oxygen atoms in total. The normalized spacial score (nSPS) is 19.0. The number of rotatable bonds is 3. The molecule has 0 amide bonds. The van der Waals surface area contributed by atoms with Gasteiger partial charge in [0, 0.05) is 4.47 Å². The van der Waals surface area contributed by atoms with Crippen LogP contribution in [0.4, 0.5) is 0 Å². The monoisotopic (exact) mass is 332 g/mol. The van der Waals surface area contributed by atoms with E-state index in [4.69, 9.17) is 4.74 Å². The summed E-state index contributed by atoms with van der Waals surface area (Å²) in [4.78, 5) is 0. The lowest BCUT2D eigenvalue weighted by Crippen LogP contribution is -2.16. The van der Waals surface area contributed by atoms with Crippen molar-refractivity contribution < 1.29 is 9.84 Å². The number of ether oxygens (including phenoxy) is 1. The molecule has 2 aromatic rings. The first-order valence-corrected chi connectivity index (χ1v) is 7.68. The summed E-state index contributed by atoms with van der Waals surface area (Å²) in [6.45, 7) is 0.731. The minimum absolute atomic E-state index is 0.360. The topological polar surface area (TPSA) is 29.5 Å². The third-order valence-electron chi connectivity index (χ3n) is 3.85. The lowest BCUT2D eigenvalue weighted by atomic mass is 9.86. The molecule has 3 heteroatoms. The van der Waals surface area contributed by atoms with Crippen LogP contribution in [0.2, 0.25) is 0 Å². The minimum atomic E-state index is -0.431. The number of benzene rings is 2. The van der Waals surface area contributed by atoms with Gasteiger partial charge in [-0.3, -0.25) is 0 Å². The SMILES string of the molecule is OC(CC1CCOc2ccccc21)c1ccc(Br)cc1. The third-order valence-corrected chi connectivity index (χ3v) is 4.37. The van der Waals surface area contributed by atoms with Gasteiger partial charge in [0.05, 0.1) is 12.7 Å². The first-order chi connectivity index (χ1) is 9.74. The highest BCUT2D eigenvalue weighted by Crippen LogP contribution is 2.38. The average molecular weight is 333 g/mol. The number of para-hydroxylation sites is 1. The number of hydrogen-bond donors (Lipinski definition) is 1. The Hall–Kier alpha value is -1.32. The maximum absolute atomic E-state index is 10.4. The molecule has 0 aromatic heterocycles. The van der Waals surface area contributed by atoms with Crippen LogP contribution >= 0.6 is 15.9 Å². The first kappa shape index (κ1) is 13.7. The van der Waals surface area contributed by atoms with Gasteiger partial charge in [0.1, 0.15) is 5.75 Å². The van der Waals surface area contributed by atoms with Crippen molar-refractivity contribution in [1.29, 1.82) is 0 Å². The maximum atomic E-state index is 10.4. The molecular weight excluding hydrogens is 316 g/mol. The smallest absolute Gasteiger partial charge is 0.122 e. The summed E-state index contributed by atoms with van der Waals surface area (Å²) in [5, 5.41) is 10.4. The van der Waals surface area contributed by atoms with E-state index < -0.39 is 6.10 Å². The molecule has 1 aliphatic heterocycles.